The lowest BCUT2D eigenvalue weighted by molar-refractivity contribution is -0.125. The fraction of sp³-hybridized carbons (Fsp3) is 0.261. The highest BCUT2D eigenvalue weighted by Crippen LogP contribution is 2.36. The maximum Gasteiger partial charge on any atom is 0.293 e. The topological polar surface area (TPSA) is 94.2 Å². The molecule has 4 rings (SSSR count). The number of amides is 3. The van der Waals surface area contributed by atoms with Crippen LogP contribution in [0.25, 0.3) is 6.08 Å². The van der Waals surface area contributed by atoms with E-state index in [1.807, 2.05) is 24.3 Å². The summed E-state index contributed by atoms with van der Waals surface area (Å²) in [4.78, 5) is 38.3. The van der Waals surface area contributed by atoms with E-state index in [9.17, 15) is 14.4 Å². The Morgan fingerprint density at radius 3 is 2.72 bits per heavy atom. The van der Waals surface area contributed by atoms with Gasteiger partial charge in [-0.1, -0.05) is 25.1 Å². The van der Waals surface area contributed by atoms with Gasteiger partial charge in [-0.2, -0.15) is 0 Å². The number of aryl methyl sites for hydroxylation is 1. The van der Waals surface area contributed by atoms with Gasteiger partial charge in [0.25, 0.3) is 17.1 Å². The largest absolute Gasteiger partial charge is 0.484 e. The second-order valence-electron chi connectivity index (χ2n) is 7.08. The first-order chi connectivity index (χ1) is 15.5. The summed E-state index contributed by atoms with van der Waals surface area (Å²) in [5, 5.41) is 2.30. The number of thioether (sulfide) groups is 1. The molecule has 2 aliphatic heterocycles. The minimum absolute atomic E-state index is 0.0834. The predicted octanol–water partition coefficient (Wildman–Crippen LogP) is 3.21. The van der Waals surface area contributed by atoms with E-state index in [1.165, 1.54) is 5.56 Å². The van der Waals surface area contributed by atoms with E-state index in [0.717, 1.165) is 28.6 Å². The van der Waals surface area contributed by atoms with Crippen LogP contribution in [0, 0.1) is 0 Å². The molecule has 0 aliphatic carbocycles. The molecule has 9 heteroatoms. The number of ether oxygens (including phenoxy) is 3. The lowest BCUT2D eigenvalue weighted by Gasteiger charge is -2.13. The predicted molar refractivity (Wildman–Crippen MR) is 120 cm³/mol. The smallest absolute Gasteiger partial charge is 0.293 e. The fourth-order valence-corrected chi connectivity index (χ4v) is 4.04. The van der Waals surface area contributed by atoms with Gasteiger partial charge >= 0.3 is 0 Å². The van der Waals surface area contributed by atoms with E-state index in [-0.39, 0.29) is 43.5 Å². The van der Waals surface area contributed by atoms with Crippen molar-refractivity contribution in [2.45, 2.75) is 13.3 Å². The molecule has 0 radical (unpaired) electrons. The molecular weight excluding hydrogens is 432 g/mol. The Bertz CT molecular complexity index is 1070. The molecule has 0 aromatic heterocycles. The Morgan fingerprint density at radius 2 is 1.94 bits per heavy atom. The van der Waals surface area contributed by atoms with Gasteiger partial charge in [0, 0.05) is 13.1 Å². The first kappa shape index (κ1) is 21.8. The summed E-state index contributed by atoms with van der Waals surface area (Å²) in [6.45, 7) is 2.31. The molecule has 32 heavy (non-hydrogen) atoms. The first-order valence-electron chi connectivity index (χ1n) is 10.2. The van der Waals surface area contributed by atoms with Crippen molar-refractivity contribution < 1.29 is 28.6 Å². The average Bonchev–Trinajstić information content (AvgIpc) is 3.37. The number of nitrogens with one attached hydrogen (secondary N) is 1. The van der Waals surface area contributed by atoms with Crippen molar-refractivity contribution in [1.82, 2.24) is 10.2 Å². The molecule has 0 atom stereocenters. The third kappa shape index (κ3) is 5.05. The zero-order valence-electron chi connectivity index (χ0n) is 17.5. The monoisotopic (exact) mass is 454 g/mol. The van der Waals surface area contributed by atoms with E-state index in [1.54, 1.807) is 24.3 Å². The third-order valence-electron chi connectivity index (χ3n) is 4.93. The Morgan fingerprint density at radius 1 is 1.16 bits per heavy atom. The van der Waals surface area contributed by atoms with Crippen molar-refractivity contribution in [3.8, 4) is 17.2 Å². The molecule has 1 N–H and O–H groups in total. The number of imide groups is 1. The molecule has 0 saturated carbocycles. The van der Waals surface area contributed by atoms with Crippen molar-refractivity contribution in [3.05, 3.63) is 58.5 Å². The Hall–Kier alpha value is -3.46. The van der Waals surface area contributed by atoms with Crippen LogP contribution < -0.4 is 19.5 Å². The second kappa shape index (κ2) is 9.78. The Kier molecular flexibility index (Phi) is 6.65. The summed E-state index contributed by atoms with van der Waals surface area (Å²) in [5.41, 5.74) is 1.92. The number of benzene rings is 2. The molecule has 1 fully saturated rings. The first-order valence-corrected chi connectivity index (χ1v) is 11.0. The average molecular weight is 455 g/mol. The molecule has 1 saturated heterocycles. The van der Waals surface area contributed by atoms with E-state index in [2.05, 4.69) is 12.2 Å². The third-order valence-corrected chi connectivity index (χ3v) is 5.83. The Balaban J connectivity index is 1.25. The van der Waals surface area contributed by atoms with Crippen LogP contribution in [0.15, 0.2) is 47.4 Å². The number of hydrogen-bond donors (Lipinski definition) is 1. The van der Waals surface area contributed by atoms with Crippen molar-refractivity contribution in [2.24, 2.45) is 0 Å². The van der Waals surface area contributed by atoms with Gasteiger partial charge in [-0.3, -0.25) is 19.3 Å². The van der Waals surface area contributed by atoms with E-state index < -0.39 is 0 Å². The molecule has 8 nitrogen and oxygen atoms in total. The summed E-state index contributed by atoms with van der Waals surface area (Å²) in [5.74, 6) is 1.14. The van der Waals surface area contributed by atoms with Crippen LogP contribution in [0.2, 0.25) is 0 Å². The second-order valence-corrected chi connectivity index (χ2v) is 8.08. The SMILES string of the molecule is CCc1ccc(OCC(=O)NCCN2C(=O)S/C(=C\c3ccc4c(c3)OCO4)C2=O)cc1. The number of hydrogen-bond acceptors (Lipinski definition) is 7. The summed E-state index contributed by atoms with van der Waals surface area (Å²) >= 11 is 0.868. The van der Waals surface area contributed by atoms with Gasteiger partial charge in [-0.25, -0.2) is 0 Å². The summed E-state index contributed by atoms with van der Waals surface area (Å²) in [7, 11) is 0. The quantitative estimate of drug-likeness (QED) is 0.612. The van der Waals surface area contributed by atoms with Gasteiger partial charge in [0.15, 0.2) is 18.1 Å². The number of carbonyl (C=O) groups excluding carboxylic acids is 3. The van der Waals surface area contributed by atoms with Crippen molar-refractivity contribution in [3.63, 3.8) is 0 Å². The van der Waals surface area contributed by atoms with Crippen molar-refractivity contribution in [2.75, 3.05) is 26.5 Å². The molecular formula is C23H22N2O6S. The standard InChI is InChI=1S/C23H22N2O6S/c1-2-15-3-6-17(7-4-15)29-13-21(26)24-9-10-25-22(27)20(32-23(25)28)12-16-5-8-18-19(11-16)31-14-30-18/h3-8,11-12H,2,9-10,13-14H2,1H3,(H,24,26)/b20-12-. The Labute approximate surface area is 189 Å². The van der Waals surface area contributed by atoms with Gasteiger partial charge in [-0.05, 0) is 59.7 Å². The highest BCUT2D eigenvalue weighted by Gasteiger charge is 2.34. The van der Waals surface area contributed by atoms with Gasteiger partial charge in [0.1, 0.15) is 5.75 Å². The zero-order valence-corrected chi connectivity index (χ0v) is 18.3. The van der Waals surface area contributed by atoms with Crippen LogP contribution in [-0.4, -0.2) is 48.4 Å². The molecule has 3 amide bonds. The molecule has 2 aliphatic rings. The molecule has 2 aromatic carbocycles. The molecule has 0 bridgehead atoms. The van der Waals surface area contributed by atoms with E-state index in [0.29, 0.717) is 22.2 Å². The van der Waals surface area contributed by atoms with Crippen molar-refractivity contribution >= 4 is 34.9 Å². The van der Waals surface area contributed by atoms with Crippen molar-refractivity contribution in [1.29, 1.82) is 0 Å². The van der Waals surface area contributed by atoms with Crippen LogP contribution in [-0.2, 0) is 16.0 Å². The minimum atomic E-state index is -0.390. The van der Waals surface area contributed by atoms with Gasteiger partial charge in [0.2, 0.25) is 6.79 Å². The van der Waals surface area contributed by atoms with E-state index >= 15 is 0 Å². The lowest BCUT2D eigenvalue weighted by atomic mass is 10.2. The summed E-state index contributed by atoms with van der Waals surface area (Å²) in [6, 6.07) is 12.8. The van der Waals surface area contributed by atoms with Gasteiger partial charge in [0.05, 0.1) is 4.91 Å². The van der Waals surface area contributed by atoms with Crippen LogP contribution in [0.4, 0.5) is 4.79 Å². The van der Waals surface area contributed by atoms with E-state index in [4.69, 9.17) is 14.2 Å². The van der Waals surface area contributed by atoms with Crippen LogP contribution in [0.1, 0.15) is 18.1 Å². The lowest BCUT2D eigenvalue weighted by Crippen LogP contribution is -2.38. The number of fused-ring (bicyclic) bond motifs is 1. The van der Waals surface area contributed by atoms with Crippen LogP contribution in [0.3, 0.4) is 0 Å². The maximum absolute atomic E-state index is 12.6. The highest BCUT2D eigenvalue weighted by atomic mass is 32.2. The van der Waals surface area contributed by atoms with Crippen LogP contribution >= 0.6 is 11.8 Å². The summed E-state index contributed by atoms with van der Waals surface area (Å²) in [6.07, 6.45) is 2.57. The molecule has 2 heterocycles. The zero-order chi connectivity index (χ0) is 22.5. The molecule has 0 spiro atoms. The number of nitrogens with zero attached hydrogens (tertiary/aromatic N) is 1. The van der Waals surface area contributed by atoms with Gasteiger partial charge in [-0.15, -0.1) is 0 Å². The maximum atomic E-state index is 12.6. The highest BCUT2D eigenvalue weighted by molar-refractivity contribution is 8.18. The normalized spacial score (nSPS) is 16.0. The fourth-order valence-electron chi connectivity index (χ4n) is 3.18. The van der Waals surface area contributed by atoms with Gasteiger partial charge < -0.3 is 19.5 Å². The number of rotatable bonds is 8. The molecule has 0 unspecified atom stereocenters. The number of carbonyl (C=O) groups is 3. The molecule has 2 aromatic rings. The van der Waals surface area contributed by atoms with Crippen LogP contribution in [0.5, 0.6) is 17.2 Å². The molecule has 166 valence electrons. The minimum Gasteiger partial charge on any atom is -0.484 e. The summed E-state index contributed by atoms with van der Waals surface area (Å²) < 4.78 is 16.1.